The molecule has 0 aliphatic carbocycles. The van der Waals surface area contributed by atoms with Gasteiger partial charge in [-0.05, 0) is 28.8 Å². The van der Waals surface area contributed by atoms with Crippen molar-refractivity contribution in [2.45, 2.75) is 6.54 Å². The zero-order valence-corrected chi connectivity index (χ0v) is 11.9. The third kappa shape index (κ3) is 4.78. The Hall–Kier alpha value is -1.68. The van der Waals surface area contributed by atoms with E-state index in [0.717, 1.165) is 16.7 Å². The maximum Gasteiger partial charge on any atom is 0.123 e. The van der Waals surface area contributed by atoms with Crippen molar-refractivity contribution in [3.8, 4) is 0 Å². The first-order valence-electron chi connectivity index (χ1n) is 6.12. The smallest absolute Gasteiger partial charge is 0.123 e. The highest BCUT2D eigenvalue weighted by atomic mass is 35.5. The van der Waals surface area contributed by atoms with Gasteiger partial charge in [0.2, 0.25) is 0 Å². The summed E-state index contributed by atoms with van der Waals surface area (Å²) in [5.74, 6) is 5.73. The first kappa shape index (κ1) is 16.4. The normalized spacial score (nSPS) is 10.2. The number of rotatable bonds is 5. The summed E-state index contributed by atoms with van der Waals surface area (Å²) in [5, 5.41) is 1.70. The molecule has 0 fully saturated rings. The van der Waals surface area contributed by atoms with Gasteiger partial charge in [-0.25, -0.2) is 9.40 Å². The predicted molar refractivity (Wildman–Crippen MR) is 83.7 cm³/mol. The maximum atomic E-state index is 12.8. The molecule has 2 N–H and O–H groups in total. The molecule has 0 aliphatic heterocycles. The van der Waals surface area contributed by atoms with Crippen LogP contribution < -0.4 is 5.84 Å². The summed E-state index contributed by atoms with van der Waals surface area (Å²) in [6.45, 7) is 5.19. The van der Waals surface area contributed by atoms with E-state index in [1.807, 2.05) is 30.3 Å². The van der Waals surface area contributed by atoms with Gasteiger partial charge in [0, 0.05) is 13.1 Å². The molecule has 0 spiro atoms. The van der Waals surface area contributed by atoms with Crippen LogP contribution in [0.15, 0.2) is 61.2 Å². The van der Waals surface area contributed by atoms with Gasteiger partial charge in [-0.3, -0.25) is 5.84 Å². The SMILES string of the molecule is C=C(CN(N)Cc1ccccc1)c1ccc(F)cc1.Cl. The van der Waals surface area contributed by atoms with Crippen molar-refractivity contribution in [2.75, 3.05) is 6.54 Å². The molecule has 0 aromatic heterocycles. The number of hydrogen-bond acceptors (Lipinski definition) is 2. The molecule has 2 aromatic carbocycles. The van der Waals surface area contributed by atoms with Crippen LogP contribution in [0.25, 0.3) is 5.57 Å². The van der Waals surface area contributed by atoms with E-state index in [4.69, 9.17) is 5.84 Å². The Morgan fingerprint density at radius 1 is 1.05 bits per heavy atom. The van der Waals surface area contributed by atoms with E-state index < -0.39 is 0 Å². The van der Waals surface area contributed by atoms with Gasteiger partial charge in [0.05, 0.1) is 0 Å². The molecule has 0 saturated carbocycles. The van der Waals surface area contributed by atoms with Crippen molar-refractivity contribution in [3.05, 3.63) is 78.1 Å². The lowest BCUT2D eigenvalue weighted by Gasteiger charge is -2.18. The van der Waals surface area contributed by atoms with Crippen LogP contribution in [-0.4, -0.2) is 11.6 Å². The molecule has 106 valence electrons. The van der Waals surface area contributed by atoms with Crippen LogP contribution in [-0.2, 0) is 6.54 Å². The van der Waals surface area contributed by atoms with Crippen LogP contribution in [0.5, 0.6) is 0 Å². The molecule has 0 saturated heterocycles. The van der Waals surface area contributed by atoms with Gasteiger partial charge < -0.3 is 0 Å². The van der Waals surface area contributed by atoms with E-state index in [-0.39, 0.29) is 18.2 Å². The van der Waals surface area contributed by atoms with Crippen LogP contribution >= 0.6 is 12.4 Å². The van der Waals surface area contributed by atoms with Gasteiger partial charge >= 0.3 is 0 Å². The zero-order valence-electron chi connectivity index (χ0n) is 11.1. The highest BCUT2D eigenvalue weighted by Crippen LogP contribution is 2.14. The number of halogens is 2. The molecule has 2 rings (SSSR count). The Morgan fingerprint density at radius 3 is 2.25 bits per heavy atom. The second-order valence-corrected chi connectivity index (χ2v) is 4.50. The van der Waals surface area contributed by atoms with Gasteiger partial charge in [0.25, 0.3) is 0 Å². The molecule has 0 aliphatic rings. The van der Waals surface area contributed by atoms with E-state index >= 15 is 0 Å². The minimum atomic E-state index is -0.245. The summed E-state index contributed by atoms with van der Waals surface area (Å²) < 4.78 is 12.8. The number of nitrogens with two attached hydrogens (primary N) is 1. The third-order valence-corrected chi connectivity index (χ3v) is 2.87. The summed E-state index contributed by atoms with van der Waals surface area (Å²) >= 11 is 0. The van der Waals surface area contributed by atoms with E-state index in [1.165, 1.54) is 12.1 Å². The highest BCUT2D eigenvalue weighted by molar-refractivity contribution is 5.85. The van der Waals surface area contributed by atoms with Crippen molar-refractivity contribution in [3.63, 3.8) is 0 Å². The summed E-state index contributed by atoms with van der Waals surface area (Å²) in [7, 11) is 0. The Balaban J connectivity index is 0.00000200. The zero-order chi connectivity index (χ0) is 13.7. The van der Waals surface area contributed by atoms with E-state index in [1.54, 1.807) is 17.1 Å². The predicted octanol–water partition coefficient (Wildman–Crippen LogP) is 3.64. The minimum Gasteiger partial charge on any atom is -0.268 e. The Morgan fingerprint density at radius 2 is 1.65 bits per heavy atom. The Kier molecular flexibility index (Phi) is 6.39. The molecule has 0 bridgehead atoms. The summed E-state index contributed by atoms with van der Waals surface area (Å²) in [5.41, 5.74) is 2.93. The lowest BCUT2D eigenvalue weighted by atomic mass is 10.1. The van der Waals surface area contributed by atoms with E-state index in [9.17, 15) is 4.39 Å². The van der Waals surface area contributed by atoms with Crippen LogP contribution in [0.2, 0.25) is 0 Å². The fourth-order valence-electron chi connectivity index (χ4n) is 1.90. The number of hydrogen-bond donors (Lipinski definition) is 1. The molecule has 0 heterocycles. The van der Waals surface area contributed by atoms with Crippen molar-refractivity contribution in [1.82, 2.24) is 5.01 Å². The van der Waals surface area contributed by atoms with Crippen LogP contribution in [0, 0.1) is 5.82 Å². The molecular weight excluding hydrogens is 275 g/mol. The fraction of sp³-hybridized carbons (Fsp3) is 0.125. The topological polar surface area (TPSA) is 29.3 Å². The molecule has 20 heavy (non-hydrogen) atoms. The Bertz CT molecular complexity index is 540. The minimum absolute atomic E-state index is 0. The molecule has 2 aromatic rings. The molecule has 2 nitrogen and oxygen atoms in total. The van der Waals surface area contributed by atoms with Gasteiger partial charge in [-0.15, -0.1) is 12.4 Å². The molecule has 0 amide bonds. The number of nitrogens with zero attached hydrogens (tertiary/aromatic N) is 1. The highest BCUT2D eigenvalue weighted by Gasteiger charge is 2.05. The largest absolute Gasteiger partial charge is 0.268 e. The number of hydrazine groups is 1. The van der Waals surface area contributed by atoms with Crippen LogP contribution in [0.1, 0.15) is 11.1 Å². The van der Waals surface area contributed by atoms with Crippen molar-refractivity contribution < 1.29 is 4.39 Å². The van der Waals surface area contributed by atoms with E-state index in [2.05, 4.69) is 6.58 Å². The lowest BCUT2D eigenvalue weighted by molar-refractivity contribution is 0.311. The lowest BCUT2D eigenvalue weighted by Crippen LogP contribution is -2.31. The van der Waals surface area contributed by atoms with Gasteiger partial charge in [-0.2, -0.15) is 0 Å². The molecule has 0 unspecified atom stereocenters. The van der Waals surface area contributed by atoms with Crippen molar-refractivity contribution >= 4 is 18.0 Å². The number of benzene rings is 2. The summed E-state index contributed by atoms with van der Waals surface area (Å²) in [4.78, 5) is 0. The third-order valence-electron chi connectivity index (χ3n) is 2.87. The van der Waals surface area contributed by atoms with Crippen molar-refractivity contribution in [1.29, 1.82) is 0 Å². The van der Waals surface area contributed by atoms with Gasteiger partial charge in [0.15, 0.2) is 0 Å². The monoisotopic (exact) mass is 292 g/mol. The second-order valence-electron chi connectivity index (χ2n) is 4.50. The molecule has 4 heteroatoms. The quantitative estimate of drug-likeness (QED) is 0.673. The second kappa shape index (κ2) is 7.80. The summed E-state index contributed by atoms with van der Waals surface area (Å²) in [6.07, 6.45) is 0. The van der Waals surface area contributed by atoms with Gasteiger partial charge in [0.1, 0.15) is 5.82 Å². The van der Waals surface area contributed by atoms with Crippen LogP contribution in [0.4, 0.5) is 4.39 Å². The Labute approximate surface area is 125 Å². The molecular formula is C16H18ClFN2. The first-order chi connectivity index (χ1) is 9.15. The standard InChI is InChI=1S/C16H17FN2.ClH/c1-13(15-7-9-16(17)10-8-15)11-19(18)12-14-5-3-2-4-6-14;/h2-10H,1,11-12,18H2;1H. The fourth-order valence-corrected chi connectivity index (χ4v) is 1.90. The van der Waals surface area contributed by atoms with E-state index in [0.29, 0.717) is 13.1 Å². The van der Waals surface area contributed by atoms with Crippen molar-refractivity contribution in [2.24, 2.45) is 5.84 Å². The summed E-state index contributed by atoms with van der Waals surface area (Å²) in [6, 6.07) is 16.3. The van der Waals surface area contributed by atoms with Crippen LogP contribution in [0.3, 0.4) is 0 Å². The first-order valence-corrected chi connectivity index (χ1v) is 6.12. The molecule has 0 radical (unpaired) electrons. The molecule has 0 atom stereocenters. The van der Waals surface area contributed by atoms with Gasteiger partial charge in [-0.1, -0.05) is 49.0 Å². The maximum absolute atomic E-state index is 12.8. The average molecular weight is 293 g/mol. The average Bonchev–Trinajstić information content (AvgIpc) is 2.40.